The fourth-order valence-corrected chi connectivity index (χ4v) is 5.56. The number of ether oxygens (including phenoxy) is 4. The van der Waals surface area contributed by atoms with Crippen molar-refractivity contribution in [3.8, 4) is 17.2 Å². The molecule has 1 unspecified atom stereocenters. The number of carbonyl (C=O) groups excluding carboxylic acids is 3. The Balaban J connectivity index is 1.38. The summed E-state index contributed by atoms with van der Waals surface area (Å²) in [5.41, 5.74) is 0.221. The Morgan fingerprint density at radius 1 is 0.652 bits per heavy atom. The smallest absolute Gasteiger partial charge is 0.410 e. The number of esters is 2. The minimum absolute atomic E-state index is 0.221. The average molecular weight is 638 g/mol. The molecular formula is C38H55NO7. The first-order chi connectivity index (χ1) is 22.5. The van der Waals surface area contributed by atoms with Crippen molar-refractivity contribution in [2.24, 2.45) is 0 Å². The largest absolute Gasteiger partial charge is 0.494 e. The second-order valence-electron chi connectivity index (χ2n) is 12.2. The van der Waals surface area contributed by atoms with E-state index in [-0.39, 0.29) is 5.56 Å². The number of amides is 1. The number of benzene rings is 2. The van der Waals surface area contributed by atoms with Crippen LogP contribution in [0.4, 0.5) is 4.79 Å². The minimum atomic E-state index is -0.829. The van der Waals surface area contributed by atoms with Gasteiger partial charge in [0, 0.05) is 6.54 Å². The lowest BCUT2D eigenvalue weighted by atomic mass is 10.0. The van der Waals surface area contributed by atoms with Crippen LogP contribution in [-0.4, -0.2) is 48.7 Å². The van der Waals surface area contributed by atoms with E-state index < -0.39 is 24.1 Å². The lowest BCUT2D eigenvalue weighted by molar-refractivity contribution is -0.144. The molecule has 8 heteroatoms. The molecule has 0 saturated carbocycles. The van der Waals surface area contributed by atoms with Crippen LogP contribution in [0.5, 0.6) is 17.2 Å². The van der Waals surface area contributed by atoms with Gasteiger partial charge in [-0.15, -0.1) is 0 Å². The Morgan fingerprint density at radius 2 is 1.17 bits per heavy atom. The van der Waals surface area contributed by atoms with Crippen LogP contribution < -0.4 is 9.47 Å². The Bertz CT molecular complexity index is 1150. The molecule has 1 fully saturated rings. The molecule has 8 nitrogen and oxygen atoms in total. The zero-order valence-corrected chi connectivity index (χ0v) is 28.1. The van der Waals surface area contributed by atoms with Gasteiger partial charge in [0.25, 0.3) is 0 Å². The van der Waals surface area contributed by atoms with E-state index in [9.17, 15) is 14.4 Å². The summed E-state index contributed by atoms with van der Waals surface area (Å²) in [4.78, 5) is 39.8. The molecule has 2 aromatic carbocycles. The molecule has 1 aliphatic rings. The first-order valence-electron chi connectivity index (χ1n) is 17.7. The van der Waals surface area contributed by atoms with Crippen LogP contribution >= 0.6 is 0 Å². The van der Waals surface area contributed by atoms with Crippen LogP contribution in [0.3, 0.4) is 0 Å². The predicted molar refractivity (Wildman–Crippen MR) is 181 cm³/mol. The normalized spacial score (nSPS) is 14.5. The molecule has 0 aliphatic carbocycles. The maximum Gasteiger partial charge on any atom is 0.410 e. The van der Waals surface area contributed by atoms with Crippen LogP contribution in [-0.2, 0) is 14.3 Å². The van der Waals surface area contributed by atoms with E-state index in [1.807, 2.05) is 24.3 Å². The van der Waals surface area contributed by atoms with E-state index in [1.54, 1.807) is 24.3 Å². The van der Waals surface area contributed by atoms with E-state index in [4.69, 9.17) is 18.9 Å². The Kier molecular flexibility index (Phi) is 17.7. The van der Waals surface area contributed by atoms with Crippen LogP contribution in [0.2, 0.25) is 0 Å². The number of unbranched alkanes of at least 4 members (excludes halogenated alkanes) is 12. The summed E-state index contributed by atoms with van der Waals surface area (Å²) in [6.07, 6.45) is 18.1. The lowest BCUT2D eigenvalue weighted by Gasteiger charge is -2.32. The number of nitrogens with zero attached hydrogens (tertiary/aromatic N) is 1. The van der Waals surface area contributed by atoms with Crippen LogP contribution in [0.25, 0.3) is 0 Å². The topological polar surface area (TPSA) is 91.4 Å². The van der Waals surface area contributed by atoms with Crippen LogP contribution in [0.1, 0.15) is 133 Å². The van der Waals surface area contributed by atoms with E-state index in [1.165, 1.54) is 69.1 Å². The zero-order valence-electron chi connectivity index (χ0n) is 28.1. The molecule has 1 atom stereocenters. The van der Waals surface area contributed by atoms with Crippen molar-refractivity contribution < 1.29 is 33.3 Å². The molecule has 3 rings (SSSR count). The molecule has 0 radical (unpaired) electrons. The third-order valence-electron chi connectivity index (χ3n) is 8.34. The minimum Gasteiger partial charge on any atom is -0.494 e. The van der Waals surface area contributed by atoms with Gasteiger partial charge in [-0.3, -0.25) is 4.90 Å². The van der Waals surface area contributed by atoms with Gasteiger partial charge in [0.1, 0.15) is 23.3 Å². The summed E-state index contributed by atoms with van der Waals surface area (Å²) in [6.45, 7) is 5.86. The van der Waals surface area contributed by atoms with E-state index >= 15 is 0 Å². The fraction of sp³-hybridized carbons (Fsp3) is 0.605. The van der Waals surface area contributed by atoms with Gasteiger partial charge in [-0.05, 0) is 80.6 Å². The van der Waals surface area contributed by atoms with E-state index in [2.05, 4.69) is 13.8 Å². The third kappa shape index (κ3) is 13.8. The summed E-state index contributed by atoms with van der Waals surface area (Å²) >= 11 is 0. The highest BCUT2D eigenvalue weighted by molar-refractivity contribution is 5.98. The molecule has 1 saturated heterocycles. The molecule has 0 spiro atoms. The van der Waals surface area contributed by atoms with Crippen molar-refractivity contribution in [1.82, 2.24) is 4.90 Å². The quantitative estimate of drug-likeness (QED) is 0.0764. The van der Waals surface area contributed by atoms with Gasteiger partial charge in [0.15, 0.2) is 0 Å². The third-order valence-corrected chi connectivity index (χ3v) is 8.34. The number of likely N-dealkylation sites (tertiary alicyclic amines) is 1. The number of rotatable bonds is 21. The van der Waals surface area contributed by atoms with Crippen molar-refractivity contribution in [2.45, 2.75) is 129 Å². The van der Waals surface area contributed by atoms with Gasteiger partial charge in [0.2, 0.25) is 0 Å². The Morgan fingerprint density at radius 3 is 1.78 bits per heavy atom. The summed E-state index contributed by atoms with van der Waals surface area (Å²) in [6, 6.07) is 13.0. The summed E-state index contributed by atoms with van der Waals surface area (Å²) in [7, 11) is 0. The molecule has 0 aromatic heterocycles. The van der Waals surface area contributed by atoms with Gasteiger partial charge in [-0.1, -0.05) is 90.9 Å². The van der Waals surface area contributed by atoms with Gasteiger partial charge in [0.05, 0.1) is 18.8 Å². The Hall–Kier alpha value is -3.55. The molecule has 1 heterocycles. The van der Waals surface area contributed by atoms with Gasteiger partial charge < -0.3 is 18.9 Å². The Labute approximate surface area is 276 Å². The standard InChI is InChI=1S/C38H55NO7/c1-3-5-7-9-11-12-14-17-29-43-32-24-26-34(27-25-32)45-33-22-20-31(21-23-33)36(40)46-37(41)35-19-15-16-28-39(35)38(42)44-30-18-13-10-8-6-4-2/h20-27,35H,3-19,28-30H2,1-2H3. The summed E-state index contributed by atoms with van der Waals surface area (Å²) < 4.78 is 22.4. The van der Waals surface area contributed by atoms with Crippen molar-refractivity contribution in [2.75, 3.05) is 19.8 Å². The van der Waals surface area contributed by atoms with Crippen molar-refractivity contribution in [3.63, 3.8) is 0 Å². The maximum absolute atomic E-state index is 12.9. The second-order valence-corrected chi connectivity index (χ2v) is 12.2. The van der Waals surface area contributed by atoms with Crippen LogP contribution in [0.15, 0.2) is 48.5 Å². The van der Waals surface area contributed by atoms with Crippen molar-refractivity contribution in [3.05, 3.63) is 54.1 Å². The van der Waals surface area contributed by atoms with Gasteiger partial charge in [-0.25, -0.2) is 14.4 Å². The highest BCUT2D eigenvalue weighted by Gasteiger charge is 2.35. The summed E-state index contributed by atoms with van der Waals surface area (Å²) in [5.74, 6) is 0.500. The summed E-state index contributed by atoms with van der Waals surface area (Å²) in [5, 5.41) is 0. The molecular weight excluding hydrogens is 582 g/mol. The van der Waals surface area contributed by atoms with Gasteiger partial charge in [-0.2, -0.15) is 0 Å². The SMILES string of the molecule is CCCCCCCCCCOc1ccc(Oc2ccc(C(=O)OC(=O)C3CCCCN3C(=O)OCCCCCCCC)cc2)cc1. The van der Waals surface area contributed by atoms with E-state index in [0.29, 0.717) is 37.7 Å². The number of carbonyl (C=O) groups is 3. The van der Waals surface area contributed by atoms with E-state index in [0.717, 1.165) is 44.3 Å². The van der Waals surface area contributed by atoms with Crippen LogP contribution in [0, 0.1) is 0 Å². The number of hydrogen-bond donors (Lipinski definition) is 0. The number of hydrogen-bond acceptors (Lipinski definition) is 7. The molecule has 0 N–H and O–H groups in total. The highest BCUT2D eigenvalue weighted by atomic mass is 16.6. The highest BCUT2D eigenvalue weighted by Crippen LogP contribution is 2.25. The monoisotopic (exact) mass is 637 g/mol. The van der Waals surface area contributed by atoms with Crippen molar-refractivity contribution >= 4 is 18.0 Å². The second kappa shape index (κ2) is 22.1. The van der Waals surface area contributed by atoms with Gasteiger partial charge >= 0.3 is 18.0 Å². The molecule has 0 bridgehead atoms. The average Bonchev–Trinajstić information content (AvgIpc) is 3.08. The molecule has 46 heavy (non-hydrogen) atoms. The zero-order chi connectivity index (χ0) is 32.8. The molecule has 1 amide bonds. The van der Waals surface area contributed by atoms with Crippen molar-refractivity contribution in [1.29, 1.82) is 0 Å². The first-order valence-corrected chi connectivity index (χ1v) is 17.7. The molecule has 254 valence electrons. The predicted octanol–water partition coefficient (Wildman–Crippen LogP) is 10.0. The first kappa shape index (κ1) is 36.9. The number of piperidine rings is 1. The fourth-order valence-electron chi connectivity index (χ4n) is 5.56. The molecule has 1 aliphatic heterocycles. The lowest BCUT2D eigenvalue weighted by Crippen LogP contribution is -2.49. The maximum atomic E-state index is 12.9. The molecule has 2 aromatic rings.